The Morgan fingerprint density at radius 2 is 1.43 bits per heavy atom. The van der Waals surface area contributed by atoms with Gasteiger partial charge in [-0.25, -0.2) is 4.79 Å². The Balaban J connectivity index is 3.49. The maximum Gasteiger partial charge on any atom is 0.508 e. The molecule has 2 unspecified atom stereocenters. The van der Waals surface area contributed by atoms with E-state index < -0.39 is 53.0 Å². The van der Waals surface area contributed by atoms with Gasteiger partial charge in [-0.15, -0.1) is 0 Å². The van der Waals surface area contributed by atoms with Crippen LogP contribution in [-0.4, -0.2) is 47.9 Å². The highest BCUT2D eigenvalue weighted by Crippen LogP contribution is 2.37. The van der Waals surface area contributed by atoms with Crippen LogP contribution in [0.2, 0.25) is 0 Å². The Hall–Kier alpha value is -3.14. The van der Waals surface area contributed by atoms with E-state index in [2.05, 4.69) is 0 Å². The standard InChI is InChI=1S/C27H41NO9/c1-9-26(5,6)23(31)36-19-13-12-17(15-20(19)37-24(32)27(7,8)10-2)18(21(28)22(29)30)14-16(4)35-25(33)34-11-3/h12-13,15-16,18,21H,9-11,14,28H2,1-8H3,(H,29,30)/t16?,18?,21-/m0/s1. The molecule has 37 heavy (non-hydrogen) atoms. The summed E-state index contributed by atoms with van der Waals surface area (Å²) in [5.41, 5.74) is 4.80. The average molecular weight is 524 g/mol. The van der Waals surface area contributed by atoms with Gasteiger partial charge in [0.05, 0.1) is 17.4 Å². The summed E-state index contributed by atoms with van der Waals surface area (Å²) in [6.07, 6.45) is -0.548. The maximum absolute atomic E-state index is 12.9. The minimum Gasteiger partial charge on any atom is -0.480 e. The molecule has 0 aliphatic rings. The second-order valence-electron chi connectivity index (χ2n) is 10.3. The first-order valence-corrected chi connectivity index (χ1v) is 12.5. The van der Waals surface area contributed by atoms with Crippen LogP contribution in [0.4, 0.5) is 4.79 Å². The summed E-state index contributed by atoms with van der Waals surface area (Å²) < 4.78 is 21.2. The molecular weight excluding hydrogens is 482 g/mol. The van der Waals surface area contributed by atoms with Gasteiger partial charge >= 0.3 is 24.1 Å². The zero-order valence-corrected chi connectivity index (χ0v) is 23.1. The normalized spacial score (nSPS) is 14.2. The summed E-state index contributed by atoms with van der Waals surface area (Å²) in [7, 11) is 0. The van der Waals surface area contributed by atoms with E-state index in [0.717, 1.165) is 0 Å². The van der Waals surface area contributed by atoms with Crippen LogP contribution in [0.25, 0.3) is 0 Å². The molecule has 0 aliphatic carbocycles. The second-order valence-corrected chi connectivity index (χ2v) is 10.3. The van der Waals surface area contributed by atoms with Crippen LogP contribution in [0.3, 0.4) is 0 Å². The number of carboxylic acids is 1. The zero-order chi connectivity index (χ0) is 28.6. The average Bonchev–Trinajstić information content (AvgIpc) is 2.82. The number of benzene rings is 1. The number of carboxylic acid groups (broad SMARTS) is 1. The molecule has 1 aromatic carbocycles. The number of nitrogens with two attached hydrogens (primary N) is 1. The van der Waals surface area contributed by atoms with E-state index in [1.807, 2.05) is 13.8 Å². The fourth-order valence-corrected chi connectivity index (χ4v) is 3.07. The molecule has 1 aromatic rings. The van der Waals surface area contributed by atoms with Crippen LogP contribution in [-0.2, 0) is 23.9 Å². The number of hydrogen-bond donors (Lipinski definition) is 2. The Morgan fingerprint density at radius 3 is 1.89 bits per heavy atom. The van der Waals surface area contributed by atoms with Crippen molar-refractivity contribution in [3.63, 3.8) is 0 Å². The SMILES string of the molecule is CCOC(=O)OC(C)CC(c1ccc(OC(=O)C(C)(C)CC)c(OC(=O)C(C)(C)CC)c1)[C@H](N)C(=O)O. The summed E-state index contributed by atoms with van der Waals surface area (Å²) in [4.78, 5) is 49.2. The van der Waals surface area contributed by atoms with Crippen LogP contribution < -0.4 is 15.2 Å². The van der Waals surface area contributed by atoms with Crippen LogP contribution in [0.15, 0.2) is 18.2 Å². The quantitative estimate of drug-likeness (QED) is 0.272. The van der Waals surface area contributed by atoms with Crippen molar-refractivity contribution < 1.29 is 43.2 Å². The summed E-state index contributed by atoms with van der Waals surface area (Å²) >= 11 is 0. The number of esters is 2. The Labute approximate surface area is 218 Å². The van der Waals surface area contributed by atoms with E-state index in [0.29, 0.717) is 18.4 Å². The molecule has 208 valence electrons. The molecule has 3 N–H and O–H groups in total. The zero-order valence-electron chi connectivity index (χ0n) is 23.1. The van der Waals surface area contributed by atoms with E-state index >= 15 is 0 Å². The van der Waals surface area contributed by atoms with Crippen molar-refractivity contribution in [3.8, 4) is 11.5 Å². The van der Waals surface area contributed by atoms with Gasteiger partial charge in [0.1, 0.15) is 12.1 Å². The van der Waals surface area contributed by atoms with E-state index in [-0.39, 0.29) is 24.5 Å². The largest absolute Gasteiger partial charge is 0.508 e. The number of rotatable bonds is 13. The van der Waals surface area contributed by atoms with Gasteiger partial charge in [0.2, 0.25) is 0 Å². The fraction of sp³-hybridized carbons (Fsp3) is 0.630. The van der Waals surface area contributed by atoms with Gasteiger partial charge in [-0.05, 0) is 78.5 Å². The van der Waals surface area contributed by atoms with Crippen LogP contribution in [0, 0.1) is 10.8 Å². The first kappa shape index (κ1) is 31.9. The molecule has 0 bridgehead atoms. The lowest BCUT2D eigenvalue weighted by atomic mass is 9.86. The molecule has 3 atom stereocenters. The highest BCUT2D eigenvalue weighted by Gasteiger charge is 2.33. The summed E-state index contributed by atoms with van der Waals surface area (Å²) in [6.45, 7) is 14.0. The lowest BCUT2D eigenvalue weighted by molar-refractivity contribution is -0.147. The Morgan fingerprint density at radius 1 is 0.919 bits per heavy atom. The molecule has 10 heteroatoms. The van der Waals surface area contributed by atoms with E-state index in [4.69, 9.17) is 24.7 Å². The molecule has 0 radical (unpaired) electrons. The Kier molecular flexibility index (Phi) is 11.6. The lowest BCUT2D eigenvalue weighted by Gasteiger charge is -2.26. The summed E-state index contributed by atoms with van der Waals surface area (Å²) in [5, 5.41) is 9.62. The molecule has 10 nitrogen and oxygen atoms in total. The molecule has 0 heterocycles. The predicted octanol–water partition coefficient (Wildman–Crippen LogP) is 4.82. The maximum atomic E-state index is 12.9. The van der Waals surface area contributed by atoms with Crippen LogP contribution >= 0.6 is 0 Å². The van der Waals surface area contributed by atoms with Crippen molar-refractivity contribution in [2.75, 3.05) is 6.61 Å². The fourth-order valence-electron chi connectivity index (χ4n) is 3.07. The van der Waals surface area contributed by atoms with Crippen molar-refractivity contribution in [3.05, 3.63) is 23.8 Å². The van der Waals surface area contributed by atoms with Gasteiger partial charge in [-0.2, -0.15) is 0 Å². The van der Waals surface area contributed by atoms with Gasteiger partial charge in [0.25, 0.3) is 0 Å². The topological polar surface area (TPSA) is 151 Å². The van der Waals surface area contributed by atoms with Crippen molar-refractivity contribution in [2.45, 2.75) is 92.7 Å². The number of carbonyl (C=O) groups is 4. The van der Waals surface area contributed by atoms with Crippen LogP contribution in [0.5, 0.6) is 11.5 Å². The number of ether oxygens (including phenoxy) is 4. The Bertz CT molecular complexity index is 971. The van der Waals surface area contributed by atoms with Crippen molar-refractivity contribution in [1.29, 1.82) is 0 Å². The number of hydrogen-bond acceptors (Lipinski definition) is 9. The van der Waals surface area contributed by atoms with Crippen molar-refractivity contribution in [1.82, 2.24) is 0 Å². The van der Waals surface area contributed by atoms with Gasteiger partial charge in [-0.3, -0.25) is 14.4 Å². The first-order chi connectivity index (χ1) is 17.1. The minimum atomic E-state index is -1.36. The lowest BCUT2D eigenvalue weighted by Crippen LogP contribution is -2.38. The van der Waals surface area contributed by atoms with E-state index in [9.17, 15) is 24.3 Å². The molecular formula is C27H41NO9. The van der Waals surface area contributed by atoms with Gasteiger partial charge in [0.15, 0.2) is 11.5 Å². The van der Waals surface area contributed by atoms with Gasteiger partial charge in [0, 0.05) is 5.92 Å². The molecule has 0 aromatic heterocycles. The molecule has 0 saturated carbocycles. The van der Waals surface area contributed by atoms with E-state index in [1.165, 1.54) is 12.1 Å². The summed E-state index contributed by atoms with van der Waals surface area (Å²) in [5.74, 6) is -3.17. The van der Waals surface area contributed by atoms with E-state index in [1.54, 1.807) is 47.6 Å². The highest BCUT2D eigenvalue weighted by atomic mass is 16.7. The van der Waals surface area contributed by atoms with Crippen LogP contribution in [0.1, 0.15) is 86.1 Å². The van der Waals surface area contributed by atoms with Crippen molar-refractivity contribution >= 4 is 24.1 Å². The highest BCUT2D eigenvalue weighted by molar-refractivity contribution is 5.81. The summed E-state index contributed by atoms with van der Waals surface area (Å²) in [6, 6.07) is 3.07. The molecule has 0 spiro atoms. The number of aliphatic carboxylic acids is 1. The molecule has 0 amide bonds. The third-order valence-electron chi connectivity index (χ3n) is 6.54. The first-order valence-electron chi connectivity index (χ1n) is 12.5. The number of carbonyl (C=O) groups excluding carboxylic acids is 3. The second kappa shape index (κ2) is 13.4. The predicted molar refractivity (Wildman–Crippen MR) is 136 cm³/mol. The van der Waals surface area contributed by atoms with Gasteiger partial charge in [-0.1, -0.05) is 19.9 Å². The molecule has 1 rings (SSSR count). The molecule has 0 fully saturated rings. The smallest absolute Gasteiger partial charge is 0.480 e. The third-order valence-corrected chi connectivity index (χ3v) is 6.54. The monoisotopic (exact) mass is 523 g/mol. The van der Waals surface area contributed by atoms with Gasteiger partial charge < -0.3 is 29.8 Å². The van der Waals surface area contributed by atoms with Crippen molar-refractivity contribution in [2.24, 2.45) is 16.6 Å². The molecule has 0 saturated heterocycles. The third kappa shape index (κ3) is 9.03. The molecule has 0 aliphatic heterocycles. The minimum absolute atomic E-state index is 0.0222.